The summed E-state index contributed by atoms with van der Waals surface area (Å²) < 4.78 is 39.7. The zero-order valence-electron chi connectivity index (χ0n) is 18.7. The third kappa shape index (κ3) is 5.21. The van der Waals surface area contributed by atoms with Gasteiger partial charge in [-0.15, -0.1) is 0 Å². The summed E-state index contributed by atoms with van der Waals surface area (Å²) in [5.74, 6) is 2.17. The second kappa shape index (κ2) is 9.84. The van der Waals surface area contributed by atoms with E-state index in [4.69, 9.17) is 5.84 Å². The fourth-order valence-corrected chi connectivity index (χ4v) is 3.54. The Balaban J connectivity index is 1.69. The Hall–Kier alpha value is -3.70. The highest BCUT2D eigenvalue weighted by atomic mass is 19.2. The van der Waals surface area contributed by atoms with Gasteiger partial charge in [0.1, 0.15) is 11.7 Å². The molecule has 4 N–H and O–H groups in total. The van der Waals surface area contributed by atoms with E-state index in [2.05, 4.69) is 30.7 Å². The van der Waals surface area contributed by atoms with Gasteiger partial charge >= 0.3 is 0 Å². The third-order valence-corrected chi connectivity index (χ3v) is 5.12. The van der Waals surface area contributed by atoms with E-state index in [1.54, 1.807) is 14.0 Å². The van der Waals surface area contributed by atoms with Gasteiger partial charge in [0.05, 0.1) is 24.5 Å². The summed E-state index contributed by atoms with van der Waals surface area (Å²) in [6, 6.07) is 1.38. The normalized spacial score (nSPS) is 16.4. The summed E-state index contributed by atoms with van der Waals surface area (Å²) in [6.07, 6.45) is 1.33. The lowest BCUT2D eigenvalue weighted by Gasteiger charge is -2.36. The number of nitrogens with two attached hydrogens (primary N) is 1. The molecule has 1 aliphatic rings. The number of hydrazone groups is 1. The predicted octanol–water partition coefficient (Wildman–Crippen LogP) is 2.61. The van der Waals surface area contributed by atoms with Crippen molar-refractivity contribution in [2.24, 2.45) is 21.9 Å². The Kier molecular flexibility index (Phi) is 7.14. The van der Waals surface area contributed by atoms with Crippen LogP contribution in [0.1, 0.15) is 25.1 Å². The van der Waals surface area contributed by atoms with Crippen LogP contribution >= 0.6 is 0 Å². The predicted molar refractivity (Wildman–Crippen MR) is 121 cm³/mol. The van der Waals surface area contributed by atoms with Crippen LogP contribution in [0.15, 0.2) is 22.2 Å². The fraction of sp³-hybridized carbons (Fsp3) is 0.381. The molecule has 0 bridgehead atoms. The van der Waals surface area contributed by atoms with E-state index in [-0.39, 0.29) is 36.5 Å². The molecule has 1 aliphatic heterocycles. The van der Waals surface area contributed by atoms with E-state index in [0.717, 1.165) is 12.1 Å². The Labute approximate surface area is 189 Å². The molecule has 0 saturated carbocycles. The summed E-state index contributed by atoms with van der Waals surface area (Å²) in [6.45, 7) is 5.69. The molecule has 1 atom stereocenters. The molecule has 0 saturated heterocycles. The van der Waals surface area contributed by atoms with Gasteiger partial charge in [-0.25, -0.2) is 18.2 Å². The van der Waals surface area contributed by atoms with E-state index < -0.39 is 17.5 Å². The lowest BCUT2D eigenvalue weighted by atomic mass is 9.99. The van der Waals surface area contributed by atoms with Gasteiger partial charge in [-0.3, -0.25) is 9.79 Å². The largest absolute Gasteiger partial charge is 0.348 e. The van der Waals surface area contributed by atoms with Crippen molar-refractivity contribution in [3.8, 4) is 0 Å². The van der Waals surface area contributed by atoms with Crippen molar-refractivity contribution in [2.45, 2.75) is 33.4 Å². The maximum absolute atomic E-state index is 13.3. The van der Waals surface area contributed by atoms with Crippen LogP contribution in [0.3, 0.4) is 0 Å². The molecular formula is C21H25F3N8O. The Bertz CT molecular complexity index is 1100. The van der Waals surface area contributed by atoms with Crippen LogP contribution in [-0.2, 0) is 11.3 Å². The summed E-state index contributed by atoms with van der Waals surface area (Å²) >= 11 is 0. The number of nitrogens with one attached hydrogen (secondary N) is 2. The Morgan fingerprint density at radius 3 is 2.58 bits per heavy atom. The molecule has 2 heterocycles. The first-order valence-electron chi connectivity index (χ1n) is 10.2. The van der Waals surface area contributed by atoms with Gasteiger partial charge in [-0.05, 0) is 30.5 Å². The van der Waals surface area contributed by atoms with Crippen molar-refractivity contribution in [3.63, 3.8) is 0 Å². The number of carbonyl (C=O) groups excluding carboxylic acids is 1. The minimum absolute atomic E-state index is 0.0741. The summed E-state index contributed by atoms with van der Waals surface area (Å²) in [4.78, 5) is 27.2. The van der Waals surface area contributed by atoms with Gasteiger partial charge in [0.25, 0.3) is 0 Å². The van der Waals surface area contributed by atoms with E-state index in [1.807, 2.05) is 18.7 Å². The number of carbonyl (C=O) groups is 1. The second-order valence-electron chi connectivity index (χ2n) is 7.94. The number of likely N-dealkylation sites (N-methyl/N-ethyl adjacent to an activating group) is 1. The zero-order valence-corrected chi connectivity index (χ0v) is 18.7. The molecule has 176 valence electrons. The van der Waals surface area contributed by atoms with Crippen molar-refractivity contribution >= 4 is 35.3 Å². The number of benzene rings is 1. The number of fused-ring (bicyclic) bond motifs is 1. The molecule has 0 unspecified atom stereocenters. The van der Waals surface area contributed by atoms with Crippen LogP contribution in [0.4, 0.5) is 30.6 Å². The summed E-state index contributed by atoms with van der Waals surface area (Å²) in [5.41, 5.74) is 1.62. The smallest absolute Gasteiger partial charge is 0.247 e. The van der Waals surface area contributed by atoms with E-state index in [0.29, 0.717) is 28.9 Å². The molecule has 1 amide bonds. The van der Waals surface area contributed by atoms with Crippen molar-refractivity contribution in [2.75, 3.05) is 29.1 Å². The fourth-order valence-electron chi connectivity index (χ4n) is 3.54. The van der Waals surface area contributed by atoms with Gasteiger partial charge in [0.2, 0.25) is 11.9 Å². The van der Waals surface area contributed by atoms with Gasteiger partial charge in [0, 0.05) is 13.3 Å². The molecule has 33 heavy (non-hydrogen) atoms. The molecule has 9 nitrogen and oxygen atoms in total. The summed E-state index contributed by atoms with van der Waals surface area (Å²) in [7, 11) is 1.80. The van der Waals surface area contributed by atoms with Gasteiger partial charge in [0.15, 0.2) is 23.3 Å². The molecule has 0 fully saturated rings. The number of aliphatic imine (C=N–C) groups is 1. The highest BCUT2D eigenvalue weighted by Gasteiger charge is 2.35. The number of aryl methyl sites for hydroxylation is 1. The first kappa shape index (κ1) is 24.0. The number of aromatic nitrogens is 2. The second-order valence-corrected chi connectivity index (χ2v) is 7.94. The number of halogens is 3. The van der Waals surface area contributed by atoms with Gasteiger partial charge in [-0.2, -0.15) is 10.1 Å². The summed E-state index contributed by atoms with van der Waals surface area (Å²) in [5, 5.41) is 9.50. The number of hydrogen-bond donors (Lipinski definition) is 3. The Morgan fingerprint density at radius 2 is 1.97 bits per heavy atom. The maximum Gasteiger partial charge on any atom is 0.247 e. The quantitative estimate of drug-likeness (QED) is 0.252. The molecular weight excluding hydrogens is 437 g/mol. The molecule has 1 aromatic carbocycles. The van der Waals surface area contributed by atoms with E-state index >= 15 is 0 Å². The zero-order chi connectivity index (χ0) is 24.3. The first-order valence-corrected chi connectivity index (χ1v) is 10.2. The average molecular weight is 462 g/mol. The lowest BCUT2D eigenvalue weighted by molar-refractivity contribution is -0.118. The Morgan fingerprint density at radius 1 is 1.30 bits per heavy atom. The molecule has 0 radical (unpaired) electrons. The van der Waals surface area contributed by atoms with Crippen molar-refractivity contribution in [1.82, 2.24) is 9.97 Å². The number of hydrogen-bond acceptors (Lipinski definition) is 8. The average Bonchev–Trinajstić information content (AvgIpc) is 2.75. The van der Waals surface area contributed by atoms with Crippen LogP contribution in [0.5, 0.6) is 0 Å². The van der Waals surface area contributed by atoms with Crippen molar-refractivity contribution in [3.05, 3.63) is 40.8 Å². The molecule has 1 aromatic heterocycles. The van der Waals surface area contributed by atoms with Gasteiger partial charge < -0.3 is 21.4 Å². The van der Waals surface area contributed by atoms with E-state index in [1.165, 1.54) is 6.21 Å². The standard InChI is InChI=1S/C21H25F3N8O/c1-10(2)18-20(33)29-17-11(3)28-21(30-19(17)32(18)4)27-9-13(31-25)8-26-7-12-5-14(22)16(24)15(23)6-12/h5-6,8,10,18H,7,9,25H2,1-4H3,(H,29,33)(H,27,28,30)/t18-/m0/s1. The molecule has 3 rings (SSSR count). The van der Waals surface area contributed by atoms with Gasteiger partial charge in [-0.1, -0.05) is 13.8 Å². The number of amides is 1. The third-order valence-electron chi connectivity index (χ3n) is 5.12. The molecule has 12 heteroatoms. The van der Waals surface area contributed by atoms with Crippen LogP contribution in [0, 0.1) is 30.3 Å². The maximum atomic E-state index is 13.3. The van der Waals surface area contributed by atoms with Crippen LogP contribution in [0.2, 0.25) is 0 Å². The topological polar surface area (TPSA) is 121 Å². The number of anilines is 3. The van der Waals surface area contributed by atoms with Crippen molar-refractivity contribution in [1.29, 1.82) is 0 Å². The van der Waals surface area contributed by atoms with E-state index in [9.17, 15) is 18.0 Å². The molecule has 0 spiro atoms. The minimum Gasteiger partial charge on any atom is -0.348 e. The highest BCUT2D eigenvalue weighted by Crippen LogP contribution is 2.34. The number of rotatable bonds is 7. The van der Waals surface area contributed by atoms with Crippen LogP contribution in [-0.4, -0.2) is 47.4 Å². The van der Waals surface area contributed by atoms with Crippen LogP contribution in [0.25, 0.3) is 0 Å². The molecule has 2 aromatic rings. The number of nitrogens with zero attached hydrogens (tertiary/aromatic N) is 5. The lowest BCUT2D eigenvalue weighted by Crippen LogP contribution is -2.49. The van der Waals surface area contributed by atoms with Crippen molar-refractivity contribution < 1.29 is 18.0 Å². The monoisotopic (exact) mass is 462 g/mol. The minimum atomic E-state index is -1.53. The first-order chi connectivity index (χ1) is 15.6. The highest BCUT2D eigenvalue weighted by molar-refractivity contribution is 6.32. The molecule has 0 aliphatic carbocycles. The van der Waals surface area contributed by atoms with Crippen LogP contribution < -0.4 is 21.4 Å². The SMILES string of the molecule is Cc1nc(NCC(C=NCc2cc(F)c(F)c(F)c2)=NN)nc2c1NC(=O)[C@H](C(C)C)N2C.